The Hall–Kier alpha value is -2.44. The molecule has 1 fully saturated rings. The zero-order valence-electron chi connectivity index (χ0n) is 15.0. The van der Waals surface area contributed by atoms with Crippen molar-refractivity contribution in [1.82, 2.24) is 4.98 Å². The molecule has 3 aromatic rings. The zero-order valence-corrected chi connectivity index (χ0v) is 16.5. The molecule has 1 aliphatic heterocycles. The van der Waals surface area contributed by atoms with E-state index in [4.69, 9.17) is 11.6 Å². The molecule has 1 unspecified atom stereocenters. The van der Waals surface area contributed by atoms with Crippen molar-refractivity contribution in [3.8, 4) is 0 Å². The standard InChI is InChI=1S/C20H18ClN3O2S/c1-11-3-4-14(21)8-16(11)23-20(26)13-7-19(25)24(10-13)15-5-6-18-17(9-15)22-12(2)27-18/h3-6,8-9,13H,7,10H2,1-2H3,(H,23,26). The average molecular weight is 400 g/mol. The molecule has 1 saturated heterocycles. The van der Waals surface area contributed by atoms with E-state index in [1.807, 2.05) is 38.1 Å². The molecule has 1 atom stereocenters. The lowest BCUT2D eigenvalue weighted by Gasteiger charge is -2.17. The number of amides is 2. The van der Waals surface area contributed by atoms with Gasteiger partial charge in [-0.25, -0.2) is 4.98 Å². The van der Waals surface area contributed by atoms with E-state index in [0.29, 0.717) is 17.3 Å². The number of hydrogen-bond donors (Lipinski definition) is 1. The van der Waals surface area contributed by atoms with Crippen LogP contribution in [0.3, 0.4) is 0 Å². The molecule has 4 rings (SSSR count). The molecule has 0 radical (unpaired) electrons. The van der Waals surface area contributed by atoms with E-state index < -0.39 is 5.92 Å². The van der Waals surface area contributed by atoms with Gasteiger partial charge in [0, 0.05) is 29.4 Å². The fourth-order valence-electron chi connectivity index (χ4n) is 3.30. The summed E-state index contributed by atoms with van der Waals surface area (Å²) in [6.45, 7) is 4.23. The van der Waals surface area contributed by atoms with Crippen molar-refractivity contribution < 1.29 is 9.59 Å². The molecule has 2 aromatic carbocycles. The third-order valence-electron chi connectivity index (χ3n) is 4.74. The Labute approximate surface area is 166 Å². The zero-order chi connectivity index (χ0) is 19.1. The maximum atomic E-state index is 12.7. The van der Waals surface area contributed by atoms with Crippen LogP contribution in [0, 0.1) is 19.8 Å². The maximum absolute atomic E-state index is 12.7. The summed E-state index contributed by atoms with van der Waals surface area (Å²) < 4.78 is 1.09. The van der Waals surface area contributed by atoms with Gasteiger partial charge < -0.3 is 10.2 Å². The van der Waals surface area contributed by atoms with Gasteiger partial charge >= 0.3 is 0 Å². The highest BCUT2D eigenvalue weighted by Gasteiger charge is 2.35. The minimum Gasteiger partial charge on any atom is -0.325 e. The SMILES string of the molecule is Cc1nc2cc(N3CC(C(=O)Nc4cc(Cl)ccc4C)CC3=O)ccc2s1. The van der Waals surface area contributed by atoms with Crippen LogP contribution in [0.1, 0.15) is 17.0 Å². The van der Waals surface area contributed by atoms with Crippen LogP contribution in [0.4, 0.5) is 11.4 Å². The second-order valence-electron chi connectivity index (χ2n) is 6.74. The summed E-state index contributed by atoms with van der Waals surface area (Å²) >= 11 is 7.64. The molecule has 0 aliphatic carbocycles. The predicted octanol–water partition coefficient (Wildman–Crippen LogP) is 4.56. The van der Waals surface area contributed by atoms with E-state index in [2.05, 4.69) is 10.3 Å². The molecular formula is C20H18ClN3O2S. The predicted molar refractivity (Wildman–Crippen MR) is 110 cm³/mol. The van der Waals surface area contributed by atoms with Crippen LogP contribution >= 0.6 is 22.9 Å². The van der Waals surface area contributed by atoms with Gasteiger partial charge in [0.25, 0.3) is 0 Å². The number of benzene rings is 2. The second kappa shape index (κ2) is 6.94. The first-order chi connectivity index (χ1) is 12.9. The Kier molecular flexibility index (Phi) is 4.61. The van der Waals surface area contributed by atoms with Gasteiger partial charge in [0.15, 0.2) is 0 Å². The topological polar surface area (TPSA) is 62.3 Å². The molecule has 7 heteroatoms. The first-order valence-corrected chi connectivity index (χ1v) is 9.85. The molecule has 1 N–H and O–H groups in total. The highest BCUT2D eigenvalue weighted by atomic mass is 35.5. The van der Waals surface area contributed by atoms with Crippen LogP contribution in [0.15, 0.2) is 36.4 Å². The molecule has 0 saturated carbocycles. The molecule has 138 valence electrons. The van der Waals surface area contributed by atoms with Crippen LogP contribution in [0.2, 0.25) is 5.02 Å². The third-order valence-corrected chi connectivity index (χ3v) is 5.93. The number of aromatic nitrogens is 1. The lowest BCUT2D eigenvalue weighted by Crippen LogP contribution is -2.28. The van der Waals surface area contributed by atoms with E-state index >= 15 is 0 Å². The van der Waals surface area contributed by atoms with Crippen LogP contribution < -0.4 is 10.2 Å². The van der Waals surface area contributed by atoms with Gasteiger partial charge in [-0.2, -0.15) is 0 Å². The summed E-state index contributed by atoms with van der Waals surface area (Å²) in [6, 6.07) is 11.2. The van der Waals surface area contributed by atoms with Crippen molar-refractivity contribution in [2.24, 2.45) is 5.92 Å². The minimum absolute atomic E-state index is 0.0516. The lowest BCUT2D eigenvalue weighted by molar-refractivity contribution is -0.122. The van der Waals surface area contributed by atoms with Gasteiger partial charge in [0.1, 0.15) is 0 Å². The molecule has 1 aromatic heterocycles. The average Bonchev–Trinajstić information content (AvgIpc) is 3.19. The molecule has 0 spiro atoms. The molecular weight excluding hydrogens is 382 g/mol. The Bertz CT molecular complexity index is 1060. The van der Waals surface area contributed by atoms with Crippen molar-refractivity contribution in [1.29, 1.82) is 0 Å². The number of rotatable bonds is 3. The monoisotopic (exact) mass is 399 g/mol. The van der Waals surface area contributed by atoms with Gasteiger partial charge in [-0.1, -0.05) is 17.7 Å². The van der Waals surface area contributed by atoms with Crippen molar-refractivity contribution in [2.75, 3.05) is 16.8 Å². The van der Waals surface area contributed by atoms with Gasteiger partial charge in [-0.15, -0.1) is 11.3 Å². The van der Waals surface area contributed by atoms with E-state index in [0.717, 1.165) is 26.5 Å². The summed E-state index contributed by atoms with van der Waals surface area (Å²) in [7, 11) is 0. The molecule has 27 heavy (non-hydrogen) atoms. The highest BCUT2D eigenvalue weighted by Crippen LogP contribution is 2.31. The Morgan fingerprint density at radius 2 is 2.07 bits per heavy atom. The molecule has 0 bridgehead atoms. The number of fused-ring (bicyclic) bond motifs is 1. The number of nitrogens with zero attached hydrogens (tertiary/aromatic N) is 2. The smallest absolute Gasteiger partial charge is 0.229 e. The first-order valence-electron chi connectivity index (χ1n) is 8.65. The van der Waals surface area contributed by atoms with Gasteiger partial charge in [-0.05, 0) is 49.7 Å². The number of hydrogen-bond acceptors (Lipinski definition) is 4. The normalized spacial score (nSPS) is 16.9. The van der Waals surface area contributed by atoms with Crippen molar-refractivity contribution in [3.63, 3.8) is 0 Å². The minimum atomic E-state index is -0.399. The highest BCUT2D eigenvalue weighted by molar-refractivity contribution is 7.18. The Morgan fingerprint density at radius 1 is 1.26 bits per heavy atom. The fraction of sp³-hybridized carbons (Fsp3) is 0.250. The third kappa shape index (κ3) is 3.55. The van der Waals surface area contributed by atoms with Crippen LogP contribution in [-0.2, 0) is 9.59 Å². The van der Waals surface area contributed by atoms with Gasteiger partial charge in [0.05, 0.1) is 21.1 Å². The lowest BCUT2D eigenvalue weighted by atomic mass is 10.1. The molecule has 2 amide bonds. The quantitative estimate of drug-likeness (QED) is 0.702. The largest absolute Gasteiger partial charge is 0.325 e. The number of carbonyl (C=O) groups excluding carboxylic acids is 2. The summed E-state index contributed by atoms with van der Waals surface area (Å²) in [5.41, 5.74) is 3.27. The number of halogens is 1. The molecule has 5 nitrogen and oxygen atoms in total. The van der Waals surface area contributed by atoms with Crippen LogP contribution in [-0.4, -0.2) is 23.3 Å². The summed E-state index contributed by atoms with van der Waals surface area (Å²) in [5, 5.41) is 4.46. The van der Waals surface area contributed by atoms with Crippen LogP contribution in [0.5, 0.6) is 0 Å². The van der Waals surface area contributed by atoms with Crippen molar-refractivity contribution in [2.45, 2.75) is 20.3 Å². The van der Waals surface area contributed by atoms with Crippen molar-refractivity contribution in [3.05, 3.63) is 52.0 Å². The molecule has 2 heterocycles. The van der Waals surface area contributed by atoms with E-state index in [9.17, 15) is 9.59 Å². The van der Waals surface area contributed by atoms with Gasteiger partial charge in [-0.3, -0.25) is 9.59 Å². The second-order valence-corrected chi connectivity index (χ2v) is 8.41. The number of nitrogens with one attached hydrogen (secondary N) is 1. The summed E-state index contributed by atoms with van der Waals surface area (Å²) in [5.74, 6) is -0.616. The van der Waals surface area contributed by atoms with Gasteiger partial charge in [0.2, 0.25) is 11.8 Å². The fourth-order valence-corrected chi connectivity index (χ4v) is 4.27. The van der Waals surface area contributed by atoms with E-state index in [1.54, 1.807) is 28.4 Å². The Morgan fingerprint density at radius 3 is 2.89 bits per heavy atom. The summed E-state index contributed by atoms with van der Waals surface area (Å²) in [6.07, 6.45) is 0.194. The number of anilines is 2. The van der Waals surface area contributed by atoms with E-state index in [-0.39, 0.29) is 18.2 Å². The Balaban J connectivity index is 1.52. The summed E-state index contributed by atoms with van der Waals surface area (Å²) in [4.78, 5) is 31.3. The van der Waals surface area contributed by atoms with Crippen LogP contribution in [0.25, 0.3) is 10.2 Å². The van der Waals surface area contributed by atoms with Crippen molar-refractivity contribution >= 4 is 56.3 Å². The number of aryl methyl sites for hydroxylation is 2. The molecule has 1 aliphatic rings. The maximum Gasteiger partial charge on any atom is 0.229 e. The van der Waals surface area contributed by atoms with E-state index in [1.165, 1.54) is 0 Å². The number of thiazole rings is 1. The number of carbonyl (C=O) groups is 2. The first kappa shape index (κ1) is 17.9.